The van der Waals surface area contributed by atoms with Crippen molar-refractivity contribution in [2.24, 2.45) is 20.0 Å². The molecule has 2 atom stereocenters. The van der Waals surface area contributed by atoms with Crippen molar-refractivity contribution >= 4 is 23.5 Å². The van der Waals surface area contributed by atoms with Gasteiger partial charge in [0.2, 0.25) is 5.91 Å². The predicted octanol–water partition coefficient (Wildman–Crippen LogP) is 0.688. The first-order valence-electron chi connectivity index (χ1n) is 9.26. The van der Waals surface area contributed by atoms with Gasteiger partial charge in [-0.1, -0.05) is 6.42 Å². The number of hydrogen-bond donors (Lipinski definition) is 3. The van der Waals surface area contributed by atoms with E-state index in [1.807, 2.05) is 0 Å². The van der Waals surface area contributed by atoms with Crippen LogP contribution in [0.15, 0.2) is 9.59 Å². The van der Waals surface area contributed by atoms with E-state index < -0.39 is 28.9 Å². The van der Waals surface area contributed by atoms with Crippen LogP contribution in [0.25, 0.3) is 0 Å². The molecule has 0 unspecified atom stereocenters. The molecule has 1 aliphatic carbocycles. The summed E-state index contributed by atoms with van der Waals surface area (Å²) in [5, 5.41) is 5.36. The Morgan fingerprint density at radius 2 is 1.79 bits per heavy atom. The van der Waals surface area contributed by atoms with Gasteiger partial charge in [-0.15, -0.1) is 0 Å². The molecule has 0 bridgehead atoms. The average molecular weight is 395 g/mol. The van der Waals surface area contributed by atoms with E-state index in [0.29, 0.717) is 12.8 Å². The molecule has 0 aliphatic heterocycles. The summed E-state index contributed by atoms with van der Waals surface area (Å²) in [4.78, 5) is 48.8. The molecule has 0 aromatic carbocycles. The molecule has 10 nitrogen and oxygen atoms in total. The quantitative estimate of drug-likeness (QED) is 0.688. The lowest BCUT2D eigenvalue weighted by Crippen LogP contribution is -2.44. The molecule has 2 rings (SSSR count). The van der Waals surface area contributed by atoms with Crippen LogP contribution >= 0.6 is 0 Å². The summed E-state index contributed by atoms with van der Waals surface area (Å²) in [6.45, 7) is 5.34. The number of carbonyl (C=O) groups excluding carboxylic acids is 2. The summed E-state index contributed by atoms with van der Waals surface area (Å²) in [5.74, 6) is -0.853. The molecular weight excluding hydrogens is 366 g/mol. The van der Waals surface area contributed by atoms with Crippen molar-refractivity contribution in [3.8, 4) is 0 Å². The minimum atomic E-state index is -0.659. The fraction of sp³-hybridized carbons (Fsp3) is 0.667. The monoisotopic (exact) mass is 395 g/mol. The normalized spacial score (nSPS) is 19.8. The lowest BCUT2D eigenvalue weighted by molar-refractivity contribution is -0.121. The molecule has 4 N–H and O–H groups in total. The Morgan fingerprint density at radius 1 is 1.14 bits per heavy atom. The number of rotatable bonds is 3. The van der Waals surface area contributed by atoms with E-state index in [4.69, 9.17) is 10.5 Å². The second kappa shape index (κ2) is 8.07. The van der Waals surface area contributed by atoms with Gasteiger partial charge in [-0.3, -0.25) is 18.7 Å². The van der Waals surface area contributed by atoms with Gasteiger partial charge in [-0.2, -0.15) is 0 Å². The van der Waals surface area contributed by atoms with Gasteiger partial charge in [-0.25, -0.2) is 9.59 Å². The third kappa shape index (κ3) is 4.93. The van der Waals surface area contributed by atoms with Gasteiger partial charge in [0, 0.05) is 26.1 Å². The second-order valence-corrected chi connectivity index (χ2v) is 8.16. The molecule has 0 radical (unpaired) electrons. The highest BCUT2D eigenvalue weighted by molar-refractivity contribution is 5.94. The van der Waals surface area contributed by atoms with Crippen molar-refractivity contribution in [2.45, 2.75) is 58.1 Å². The summed E-state index contributed by atoms with van der Waals surface area (Å²) in [7, 11) is 2.75. The number of alkyl carbamates (subject to hydrolysis) is 1. The van der Waals surface area contributed by atoms with Crippen LogP contribution in [0.1, 0.15) is 46.5 Å². The molecule has 156 valence electrons. The Morgan fingerprint density at radius 3 is 2.39 bits per heavy atom. The molecule has 1 aromatic rings. The van der Waals surface area contributed by atoms with Crippen molar-refractivity contribution in [3.63, 3.8) is 0 Å². The topological polar surface area (TPSA) is 137 Å². The number of nitrogen functional groups attached to an aromatic ring is 1. The molecule has 1 saturated carbocycles. The zero-order valence-corrected chi connectivity index (χ0v) is 17.0. The molecular formula is C18H29N5O5. The standard InChI is InChI=1S/C18H29N5O5/c1-18(2,3)28-16(26)20-11-8-6-7-10(9-11)14(24)21-12-13(19)22(4)17(27)23(5)15(12)25/h10-11H,6-9,19H2,1-5H3,(H,20,26)(H,21,24)/t10-,11+/m1/s1. The number of aromatic nitrogens is 2. The van der Waals surface area contributed by atoms with Gasteiger partial charge in [-0.05, 0) is 40.0 Å². The van der Waals surface area contributed by atoms with E-state index >= 15 is 0 Å². The summed E-state index contributed by atoms with van der Waals surface area (Å²) in [6.07, 6.45) is 2.03. The minimum Gasteiger partial charge on any atom is -0.444 e. The Balaban J connectivity index is 2.08. The third-order valence-electron chi connectivity index (χ3n) is 4.72. The van der Waals surface area contributed by atoms with Crippen molar-refractivity contribution in [3.05, 3.63) is 20.8 Å². The highest BCUT2D eigenvalue weighted by Crippen LogP contribution is 2.26. The number of nitrogens with two attached hydrogens (primary N) is 1. The fourth-order valence-electron chi connectivity index (χ4n) is 3.24. The Kier molecular flexibility index (Phi) is 6.20. The maximum Gasteiger partial charge on any atom is 0.407 e. The fourth-order valence-corrected chi connectivity index (χ4v) is 3.24. The highest BCUT2D eigenvalue weighted by atomic mass is 16.6. The zero-order valence-electron chi connectivity index (χ0n) is 17.0. The number of anilines is 2. The summed E-state index contributed by atoms with van der Waals surface area (Å²) < 4.78 is 7.25. The van der Waals surface area contributed by atoms with Gasteiger partial charge in [0.1, 0.15) is 17.1 Å². The second-order valence-electron chi connectivity index (χ2n) is 8.16. The first-order chi connectivity index (χ1) is 12.9. The van der Waals surface area contributed by atoms with E-state index in [2.05, 4.69) is 10.6 Å². The molecule has 1 heterocycles. The van der Waals surface area contributed by atoms with E-state index in [1.165, 1.54) is 14.1 Å². The molecule has 10 heteroatoms. The van der Waals surface area contributed by atoms with Crippen LogP contribution in [-0.4, -0.2) is 32.8 Å². The van der Waals surface area contributed by atoms with Crippen LogP contribution in [0, 0.1) is 5.92 Å². The van der Waals surface area contributed by atoms with Crippen LogP contribution in [0.5, 0.6) is 0 Å². The molecule has 0 saturated heterocycles. The van der Waals surface area contributed by atoms with Crippen LogP contribution in [0.4, 0.5) is 16.3 Å². The van der Waals surface area contributed by atoms with Gasteiger partial charge < -0.3 is 21.1 Å². The van der Waals surface area contributed by atoms with Gasteiger partial charge in [0.05, 0.1) is 0 Å². The van der Waals surface area contributed by atoms with Gasteiger partial charge in [0.15, 0.2) is 0 Å². The summed E-state index contributed by atoms with van der Waals surface area (Å²) in [5.41, 5.74) is 3.90. The Labute approximate surface area is 163 Å². The lowest BCUT2D eigenvalue weighted by atomic mass is 9.85. The zero-order chi connectivity index (χ0) is 21.2. The lowest BCUT2D eigenvalue weighted by Gasteiger charge is -2.30. The van der Waals surface area contributed by atoms with Crippen molar-refractivity contribution < 1.29 is 14.3 Å². The number of hydrogen-bond acceptors (Lipinski definition) is 6. The van der Waals surface area contributed by atoms with E-state index in [0.717, 1.165) is 22.0 Å². The van der Waals surface area contributed by atoms with Crippen LogP contribution in [-0.2, 0) is 23.6 Å². The maximum absolute atomic E-state index is 12.7. The average Bonchev–Trinajstić information content (AvgIpc) is 2.60. The van der Waals surface area contributed by atoms with Crippen LogP contribution < -0.4 is 27.6 Å². The molecule has 1 aromatic heterocycles. The maximum atomic E-state index is 12.7. The molecule has 0 spiro atoms. The molecule has 1 aliphatic rings. The van der Waals surface area contributed by atoms with Crippen LogP contribution in [0.2, 0.25) is 0 Å². The Bertz CT molecular complexity index is 880. The Hall–Kier alpha value is -2.78. The number of amides is 2. The van der Waals surface area contributed by atoms with E-state index in [9.17, 15) is 19.2 Å². The first-order valence-corrected chi connectivity index (χ1v) is 9.26. The van der Waals surface area contributed by atoms with Gasteiger partial charge in [0.25, 0.3) is 5.56 Å². The molecule has 2 amide bonds. The van der Waals surface area contributed by atoms with E-state index in [-0.39, 0.29) is 23.5 Å². The van der Waals surface area contributed by atoms with Crippen molar-refractivity contribution in [2.75, 3.05) is 11.1 Å². The predicted molar refractivity (Wildman–Crippen MR) is 105 cm³/mol. The summed E-state index contributed by atoms with van der Waals surface area (Å²) in [6, 6.07) is -0.195. The number of ether oxygens (including phenoxy) is 1. The highest BCUT2D eigenvalue weighted by Gasteiger charge is 2.30. The summed E-state index contributed by atoms with van der Waals surface area (Å²) >= 11 is 0. The van der Waals surface area contributed by atoms with Crippen LogP contribution in [0.3, 0.4) is 0 Å². The number of carbonyl (C=O) groups is 2. The van der Waals surface area contributed by atoms with Crippen molar-refractivity contribution in [1.82, 2.24) is 14.5 Å². The minimum absolute atomic E-state index is 0.0966. The molecule has 1 fully saturated rings. The SMILES string of the molecule is Cn1c(N)c(NC(=O)[C@@H]2CCC[C@H](NC(=O)OC(C)(C)C)C2)c(=O)n(C)c1=O. The van der Waals surface area contributed by atoms with Crippen molar-refractivity contribution in [1.29, 1.82) is 0 Å². The van der Waals surface area contributed by atoms with Gasteiger partial charge >= 0.3 is 11.8 Å². The number of nitrogens with one attached hydrogen (secondary N) is 2. The molecule has 28 heavy (non-hydrogen) atoms. The van der Waals surface area contributed by atoms with E-state index in [1.54, 1.807) is 20.8 Å². The number of nitrogens with zero attached hydrogens (tertiary/aromatic N) is 2. The largest absolute Gasteiger partial charge is 0.444 e. The third-order valence-corrected chi connectivity index (χ3v) is 4.72. The first kappa shape index (κ1) is 21.5. The smallest absolute Gasteiger partial charge is 0.407 e.